The third-order valence-corrected chi connectivity index (χ3v) is 5.22. The number of benzene rings is 1. The molecule has 4 rings (SSSR count). The Hall–Kier alpha value is -2.08. The fourth-order valence-corrected chi connectivity index (χ4v) is 3.80. The van der Waals surface area contributed by atoms with Crippen molar-refractivity contribution in [1.29, 1.82) is 0 Å². The van der Waals surface area contributed by atoms with Crippen LogP contribution in [0.25, 0.3) is 11.3 Å². The van der Waals surface area contributed by atoms with Crippen LogP contribution < -0.4 is 0 Å². The van der Waals surface area contributed by atoms with Gasteiger partial charge in [-0.2, -0.15) is 0 Å². The van der Waals surface area contributed by atoms with E-state index in [2.05, 4.69) is 39.5 Å². The van der Waals surface area contributed by atoms with E-state index in [1.54, 1.807) is 11.3 Å². The minimum atomic E-state index is 0.792. The number of aromatic nitrogens is 2. The van der Waals surface area contributed by atoms with Gasteiger partial charge in [0.2, 0.25) is 0 Å². The van der Waals surface area contributed by atoms with Crippen LogP contribution in [-0.4, -0.2) is 41.2 Å². The first-order valence-electron chi connectivity index (χ1n) is 8.60. The van der Waals surface area contributed by atoms with E-state index >= 15 is 0 Å². The molecular weight excluding hydrogens is 330 g/mol. The van der Waals surface area contributed by atoms with E-state index in [1.807, 2.05) is 24.4 Å². The predicted octanol–water partition coefficient (Wildman–Crippen LogP) is 3.63. The van der Waals surface area contributed by atoms with Gasteiger partial charge in [0.25, 0.3) is 0 Å². The number of thiazole rings is 1. The van der Waals surface area contributed by atoms with Gasteiger partial charge in [-0.05, 0) is 17.7 Å². The molecule has 0 saturated carbocycles. The van der Waals surface area contributed by atoms with E-state index in [0.29, 0.717) is 0 Å². The molecule has 5 heteroatoms. The lowest BCUT2D eigenvalue weighted by molar-refractivity contribution is 0.0342. The predicted molar refractivity (Wildman–Crippen MR) is 101 cm³/mol. The number of hydrogen-bond donors (Lipinski definition) is 0. The molecule has 0 atom stereocenters. The average Bonchev–Trinajstić information content (AvgIpc) is 3.12. The minimum absolute atomic E-state index is 0.792. The molecule has 3 aromatic rings. The molecule has 0 amide bonds. The molecule has 25 heavy (non-hydrogen) atoms. The molecular formula is C20H21N3OS. The molecule has 0 aliphatic carbocycles. The first kappa shape index (κ1) is 16.4. The molecule has 0 N–H and O–H groups in total. The van der Waals surface area contributed by atoms with E-state index in [-0.39, 0.29) is 0 Å². The van der Waals surface area contributed by atoms with Crippen LogP contribution in [0.3, 0.4) is 0 Å². The molecule has 1 aromatic carbocycles. The number of pyridine rings is 1. The monoisotopic (exact) mass is 351 g/mol. The van der Waals surface area contributed by atoms with Crippen LogP contribution in [0.2, 0.25) is 0 Å². The quantitative estimate of drug-likeness (QED) is 0.704. The zero-order chi connectivity index (χ0) is 16.9. The second kappa shape index (κ2) is 7.87. The molecule has 0 bridgehead atoms. The maximum atomic E-state index is 5.41. The zero-order valence-corrected chi connectivity index (χ0v) is 14.9. The summed E-state index contributed by atoms with van der Waals surface area (Å²) in [7, 11) is 0. The van der Waals surface area contributed by atoms with E-state index < -0.39 is 0 Å². The Morgan fingerprint density at radius 3 is 2.64 bits per heavy atom. The second-order valence-electron chi connectivity index (χ2n) is 6.21. The highest BCUT2D eigenvalue weighted by Gasteiger charge is 2.11. The van der Waals surface area contributed by atoms with Crippen LogP contribution in [0.15, 0.2) is 54.0 Å². The Morgan fingerprint density at radius 1 is 1.04 bits per heavy atom. The van der Waals surface area contributed by atoms with Crippen molar-refractivity contribution in [2.24, 2.45) is 0 Å². The van der Waals surface area contributed by atoms with Crippen LogP contribution in [-0.2, 0) is 17.7 Å². The summed E-state index contributed by atoms with van der Waals surface area (Å²) in [6.07, 6.45) is 2.62. The zero-order valence-electron chi connectivity index (χ0n) is 14.1. The van der Waals surface area contributed by atoms with Crippen molar-refractivity contribution in [3.05, 3.63) is 70.3 Å². The minimum Gasteiger partial charge on any atom is -0.379 e. The van der Waals surface area contributed by atoms with Gasteiger partial charge < -0.3 is 4.74 Å². The number of nitrogens with zero attached hydrogens (tertiary/aromatic N) is 3. The van der Waals surface area contributed by atoms with E-state index in [9.17, 15) is 0 Å². The van der Waals surface area contributed by atoms with Crippen LogP contribution in [0.5, 0.6) is 0 Å². The normalized spacial score (nSPS) is 15.4. The van der Waals surface area contributed by atoms with Gasteiger partial charge in [0.15, 0.2) is 0 Å². The molecule has 4 nitrogen and oxygen atoms in total. The van der Waals surface area contributed by atoms with E-state index in [0.717, 1.165) is 55.7 Å². The summed E-state index contributed by atoms with van der Waals surface area (Å²) in [6.45, 7) is 4.72. The Labute approximate surface area is 152 Å². The standard InChI is InChI=1S/C20H21N3OS/c1-2-8-21-18(3-1)13-20-22-19(15-25-20)17-6-4-16(5-7-17)14-23-9-11-24-12-10-23/h1-8,15H,9-14H2. The second-order valence-corrected chi connectivity index (χ2v) is 7.15. The van der Waals surface area contributed by atoms with Crippen molar-refractivity contribution in [3.63, 3.8) is 0 Å². The molecule has 1 saturated heterocycles. The van der Waals surface area contributed by atoms with E-state index in [1.165, 1.54) is 11.1 Å². The van der Waals surface area contributed by atoms with Gasteiger partial charge in [-0.3, -0.25) is 9.88 Å². The Bertz CT molecular complexity index is 795. The van der Waals surface area contributed by atoms with E-state index in [4.69, 9.17) is 9.72 Å². The molecule has 0 radical (unpaired) electrons. The molecule has 3 heterocycles. The Kier molecular flexibility index (Phi) is 5.16. The highest BCUT2D eigenvalue weighted by atomic mass is 32.1. The number of rotatable bonds is 5. The first-order valence-corrected chi connectivity index (χ1v) is 9.48. The lowest BCUT2D eigenvalue weighted by Crippen LogP contribution is -2.35. The van der Waals surface area contributed by atoms with Gasteiger partial charge >= 0.3 is 0 Å². The van der Waals surface area contributed by atoms with Crippen molar-refractivity contribution in [2.75, 3.05) is 26.3 Å². The summed E-state index contributed by atoms with van der Waals surface area (Å²) < 4.78 is 5.41. The lowest BCUT2D eigenvalue weighted by Gasteiger charge is -2.26. The van der Waals surface area contributed by atoms with Crippen LogP contribution in [0.4, 0.5) is 0 Å². The Balaban J connectivity index is 1.41. The number of morpholine rings is 1. The largest absolute Gasteiger partial charge is 0.379 e. The molecule has 0 unspecified atom stereocenters. The highest BCUT2D eigenvalue weighted by molar-refractivity contribution is 7.10. The van der Waals surface area contributed by atoms with Crippen molar-refractivity contribution in [2.45, 2.75) is 13.0 Å². The van der Waals surface area contributed by atoms with Gasteiger partial charge in [-0.25, -0.2) is 4.98 Å². The molecule has 1 aliphatic rings. The molecule has 0 spiro atoms. The summed E-state index contributed by atoms with van der Waals surface area (Å²) in [5, 5.41) is 3.24. The van der Waals surface area contributed by atoms with Crippen LogP contribution >= 0.6 is 11.3 Å². The van der Waals surface area contributed by atoms with Crippen molar-refractivity contribution in [1.82, 2.24) is 14.9 Å². The third kappa shape index (κ3) is 4.31. The topological polar surface area (TPSA) is 38.2 Å². The summed E-state index contributed by atoms with van der Waals surface area (Å²) in [6, 6.07) is 14.8. The van der Waals surface area contributed by atoms with Gasteiger partial charge in [0.1, 0.15) is 0 Å². The maximum absolute atomic E-state index is 5.41. The summed E-state index contributed by atoms with van der Waals surface area (Å²) >= 11 is 1.70. The highest BCUT2D eigenvalue weighted by Crippen LogP contribution is 2.24. The van der Waals surface area contributed by atoms with Gasteiger partial charge in [-0.15, -0.1) is 11.3 Å². The maximum Gasteiger partial charge on any atom is 0.0992 e. The SMILES string of the molecule is c1ccc(Cc2nc(-c3ccc(CN4CCOCC4)cc3)cs2)nc1. The van der Waals surface area contributed by atoms with Crippen molar-refractivity contribution < 1.29 is 4.74 Å². The van der Waals surface area contributed by atoms with Crippen LogP contribution in [0, 0.1) is 0 Å². The number of ether oxygens (including phenoxy) is 1. The van der Waals surface area contributed by atoms with Crippen molar-refractivity contribution >= 4 is 11.3 Å². The molecule has 2 aromatic heterocycles. The summed E-state index contributed by atoms with van der Waals surface area (Å²) in [4.78, 5) is 11.6. The smallest absolute Gasteiger partial charge is 0.0992 e. The first-order chi connectivity index (χ1) is 12.4. The lowest BCUT2D eigenvalue weighted by atomic mass is 10.1. The fraction of sp³-hybridized carbons (Fsp3) is 0.300. The molecule has 1 fully saturated rings. The van der Waals surface area contributed by atoms with Crippen molar-refractivity contribution in [3.8, 4) is 11.3 Å². The summed E-state index contributed by atoms with van der Waals surface area (Å²) in [5.74, 6) is 0. The number of hydrogen-bond acceptors (Lipinski definition) is 5. The molecule has 128 valence electrons. The third-order valence-electron chi connectivity index (χ3n) is 4.37. The molecule has 1 aliphatic heterocycles. The average molecular weight is 351 g/mol. The summed E-state index contributed by atoms with van der Waals surface area (Å²) in [5.41, 5.74) is 4.63. The van der Waals surface area contributed by atoms with Gasteiger partial charge in [0.05, 0.1) is 23.9 Å². The fourth-order valence-electron chi connectivity index (χ4n) is 2.98. The van der Waals surface area contributed by atoms with Gasteiger partial charge in [-0.1, -0.05) is 30.3 Å². The Morgan fingerprint density at radius 2 is 1.88 bits per heavy atom. The van der Waals surface area contributed by atoms with Gasteiger partial charge in [0, 0.05) is 48.9 Å². The van der Waals surface area contributed by atoms with Crippen LogP contribution in [0.1, 0.15) is 16.3 Å².